The third-order valence-electron chi connectivity index (χ3n) is 3.04. The number of nitrogens with one attached hydrogen (secondary N) is 1. The lowest BCUT2D eigenvalue weighted by Crippen LogP contribution is -2.15. The number of methoxy groups -OCH3 is 1. The smallest absolute Gasteiger partial charge is 0.275 e. The monoisotopic (exact) mass is 304 g/mol. The van der Waals surface area contributed by atoms with Crippen LogP contribution in [0.2, 0.25) is 0 Å². The maximum Gasteiger partial charge on any atom is 0.275 e. The van der Waals surface area contributed by atoms with Crippen LogP contribution in [0, 0.1) is 0 Å². The van der Waals surface area contributed by atoms with Gasteiger partial charge in [0.05, 0.1) is 7.11 Å². The molecule has 1 amide bonds. The Morgan fingerprint density at radius 2 is 2.33 bits per heavy atom. The summed E-state index contributed by atoms with van der Waals surface area (Å²) in [4.78, 5) is 16.5. The third-order valence-corrected chi connectivity index (χ3v) is 3.26. The van der Waals surface area contributed by atoms with E-state index < -0.39 is 0 Å². The van der Waals surface area contributed by atoms with Gasteiger partial charge in [0.25, 0.3) is 5.91 Å². The van der Waals surface area contributed by atoms with E-state index in [0.717, 1.165) is 0 Å². The van der Waals surface area contributed by atoms with Crippen molar-refractivity contribution in [1.29, 1.82) is 0 Å². The van der Waals surface area contributed by atoms with E-state index >= 15 is 0 Å². The molecule has 0 unspecified atom stereocenters. The molecule has 6 nitrogen and oxygen atoms in total. The number of aromatic nitrogens is 2. The SMILES string of the molecule is COc1cccc(NC(=O)c2cn3c(n2)C=CN(Cl)C3)c1. The molecule has 0 radical (unpaired) electrons. The van der Waals surface area contributed by atoms with Crippen LogP contribution in [-0.4, -0.2) is 27.0 Å². The van der Waals surface area contributed by atoms with Gasteiger partial charge >= 0.3 is 0 Å². The summed E-state index contributed by atoms with van der Waals surface area (Å²) in [6, 6.07) is 7.15. The predicted molar refractivity (Wildman–Crippen MR) is 79.9 cm³/mol. The lowest BCUT2D eigenvalue weighted by Gasteiger charge is -2.16. The Balaban J connectivity index is 1.78. The Kier molecular flexibility index (Phi) is 3.53. The molecule has 1 aromatic heterocycles. The van der Waals surface area contributed by atoms with Crippen LogP contribution in [0.25, 0.3) is 6.08 Å². The fourth-order valence-corrected chi connectivity index (χ4v) is 2.19. The zero-order chi connectivity index (χ0) is 14.8. The summed E-state index contributed by atoms with van der Waals surface area (Å²) in [6.07, 6.45) is 5.12. The van der Waals surface area contributed by atoms with E-state index in [1.807, 2.05) is 6.07 Å². The standard InChI is InChI=1S/C14H13ClN4O2/c1-21-11-4-2-3-10(7-11)16-14(20)12-8-18-9-19(15)6-5-13(18)17-12/h2-8H,9H2,1H3,(H,16,20). The van der Waals surface area contributed by atoms with Crippen molar-refractivity contribution in [2.24, 2.45) is 0 Å². The molecular weight excluding hydrogens is 292 g/mol. The Morgan fingerprint density at radius 3 is 3.14 bits per heavy atom. The van der Waals surface area contributed by atoms with Crippen LogP contribution >= 0.6 is 11.8 Å². The zero-order valence-corrected chi connectivity index (χ0v) is 12.0. The van der Waals surface area contributed by atoms with E-state index in [9.17, 15) is 4.79 Å². The first-order valence-electron chi connectivity index (χ1n) is 6.29. The van der Waals surface area contributed by atoms with Gasteiger partial charge in [-0.15, -0.1) is 0 Å². The van der Waals surface area contributed by atoms with Gasteiger partial charge in [-0.3, -0.25) is 9.21 Å². The van der Waals surface area contributed by atoms with E-state index in [4.69, 9.17) is 16.5 Å². The number of carbonyl (C=O) groups is 1. The van der Waals surface area contributed by atoms with Crippen LogP contribution in [0.5, 0.6) is 5.75 Å². The molecule has 0 fully saturated rings. The lowest BCUT2D eigenvalue weighted by atomic mass is 10.3. The molecule has 2 aromatic rings. The normalized spacial score (nSPS) is 13.0. The van der Waals surface area contributed by atoms with E-state index in [1.54, 1.807) is 48.3 Å². The molecule has 2 heterocycles. The zero-order valence-electron chi connectivity index (χ0n) is 11.3. The molecule has 7 heteroatoms. The Labute approximate surface area is 126 Å². The number of amides is 1. The predicted octanol–water partition coefficient (Wildman–Crippen LogP) is 2.54. The fraction of sp³-hybridized carbons (Fsp3) is 0.143. The van der Waals surface area contributed by atoms with Crippen molar-refractivity contribution in [2.75, 3.05) is 12.4 Å². The molecule has 0 atom stereocenters. The number of benzene rings is 1. The highest BCUT2D eigenvalue weighted by Gasteiger charge is 2.16. The average molecular weight is 305 g/mol. The van der Waals surface area contributed by atoms with Crippen LogP contribution in [0.15, 0.2) is 36.7 Å². The van der Waals surface area contributed by atoms with Crippen molar-refractivity contribution in [1.82, 2.24) is 14.0 Å². The number of nitrogens with zero attached hydrogens (tertiary/aromatic N) is 3. The highest BCUT2D eigenvalue weighted by Crippen LogP contribution is 2.19. The third kappa shape index (κ3) is 2.85. The maximum absolute atomic E-state index is 12.2. The van der Waals surface area contributed by atoms with Crippen LogP contribution in [-0.2, 0) is 6.67 Å². The van der Waals surface area contributed by atoms with Crippen molar-refractivity contribution in [3.05, 3.63) is 48.2 Å². The summed E-state index contributed by atoms with van der Waals surface area (Å²) in [5.41, 5.74) is 0.990. The Hall–Kier alpha value is -2.47. The molecule has 0 saturated carbocycles. The fourth-order valence-electron chi connectivity index (χ4n) is 2.02. The van der Waals surface area contributed by atoms with E-state index in [2.05, 4.69) is 10.3 Å². The number of imidazole rings is 1. The molecule has 1 aliphatic rings. The summed E-state index contributed by atoms with van der Waals surface area (Å²) in [6.45, 7) is 0.451. The van der Waals surface area contributed by atoms with Crippen LogP contribution in [0.1, 0.15) is 16.3 Å². The molecule has 108 valence electrons. The van der Waals surface area contributed by atoms with Crippen molar-refractivity contribution in [3.8, 4) is 5.75 Å². The molecule has 0 spiro atoms. The van der Waals surface area contributed by atoms with Crippen molar-refractivity contribution < 1.29 is 9.53 Å². The summed E-state index contributed by atoms with van der Waals surface area (Å²) in [5.74, 6) is 1.10. The average Bonchev–Trinajstić information content (AvgIpc) is 2.90. The number of fused-ring (bicyclic) bond motifs is 1. The molecule has 0 bridgehead atoms. The van der Waals surface area contributed by atoms with Crippen LogP contribution in [0.3, 0.4) is 0 Å². The summed E-state index contributed by atoms with van der Waals surface area (Å²) < 4.78 is 8.40. The number of rotatable bonds is 3. The van der Waals surface area contributed by atoms with E-state index in [0.29, 0.717) is 29.6 Å². The molecule has 1 aromatic carbocycles. The first-order chi connectivity index (χ1) is 10.2. The second-order valence-corrected chi connectivity index (χ2v) is 4.93. The number of hydrogen-bond donors (Lipinski definition) is 1. The molecule has 3 rings (SSSR count). The minimum atomic E-state index is -0.278. The van der Waals surface area contributed by atoms with E-state index in [1.165, 1.54) is 4.42 Å². The summed E-state index contributed by atoms with van der Waals surface area (Å²) >= 11 is 5.88. The number of carbonyl (C=O) groups excluding carboxylic acids is 1. The maximum atomic E-state index is 12.2. The first-order valence-corrected chi connectivity index (χ1v) is 6.63. The van der Waals surface area contributed by atoms with Gasteiger partial charge in [-0.1, -0.05) is 6.07 Å². The molecule has 21 heavy (non-hydrogen) atoms. The van der Waals surface area contributed by atoms with Crippen LogP contribution in [0.4, 0.5) is 5.69 Å². The quantitative estimate of drug-likeness (QED) is 0.885. The van der Waals surface area contributed by atoms with E-state index in [-0.39, 0.29) is 5.91 Å². The van der Waals surface area contributed by atoms with Crippen molar-refractivity contribution in [3.63, 3.8) is 0 Å². The number of ether oxygens (including phenoxy) is 1. The number of halogens is 1. The van der Waals surface area contributed by atoms with Gasteiger partial charge in [-0.2, -0.15) is 0 Å². The van der Waals surface area contributed by atoms with Gasteiger partial charge in [0.1, 0.15) is 23.9 Å². The Bertz CT molecular complexity index is 711. The van der Waals surface area contributed by atoms with Gasteiger partial charge in [0, 0.05) is 35.9 Å². The minimum absolute atomic E-state index is 0.278. The van der Waals surface area contributed by atoms with Gasteiger partial charge in [0.2, 0.25) is 0 Å². The van der Waals surface area contributed by atoms with Crippen molar-refractivity contribution in [2.45, 2.75) is 6.67 Å². The van der Waals surface area contributed by atoms with Gasteiger partial charge in [0.15, 0.2) is 0 Å². The second kappa shape index (κ2) is 5.49. The van der Waals surface area contributed by atoms with Gasteiger partial charge in [-0.25, -0.2) is 4.98 Å². The molecule has 0 aliphatic carbocycles. The van der Waals surface area contributed by atoms with Crippen molar-refractivity contribution >= 4 is 29.4 Å². The molecular formula is C14H13ClN4O2. The van der Waals surface area contributed by atoms with Gasteiger partial charge in [-0.05, 0) is 18.2 Å². The number of anilines is 1. The molecule has 0 saturated heterocycles. The molecule has 1 N–H and O–H groups in total. The molecule has 1 aliphatic heterocycles. The lowest BCUT2D eigenvalue weighted by molar-refractivity contribution is 0.102. The topological polar surface area (TPSA) is 59.4 Å². The summed E-state index contributed by atoms with van der Waals surface area (Å²) in [7, 11) is 1.58. The Morgan fingerprint density at radius 1 is 1.48 bits per heavy atom. The minimum Gasteiger partial charge on any atom is -0.497 e. The highest BCUT2D eigenvalue weighted by atomic mass is 35.5. The largest absolute Gasteiger partial charge is 0.497 e. The first kappa shape index (κ1) is 13.5. The summed E-state index contributed by atoms with van der Waals surface area (Å²) in [5, 5.41) is 2.79. The van der Waals surface area contributed by atoms with Gasteiger partial charge < -0.3 is 14.6 Å². The highest BCUT2D eigenvalue weighted by molar-refractivity contribution is 6.14. The second-order valence-electron chi connectivity index (χ2n) is 4.50. The van der Waals surface area contributed by atoms with Crippen LogP contribution < -0.4 is 10.1 Å². The number of hydrogen-bond acceptors (Lipinski definition) is 4.